The van der Waals surface area contributed by atoms with E-state index in [9.17, 15) is 5.11 Å². The van der Waals surface area contributed by atoms with Crippen LogP contribution >= 0.6 is 0 Å². The number of aromatic nitrogens is 2. The van der Waals surface area contributed by atoms with Crippen LogP contribution in [0.4, 0.5) is 14.6 Å². The third-order valence-corrected chi connectivity index (χ3v) is 10.9. The molecule has 4 heterocycles. The maximum absolute atomic E-state index is 17.5. The van der Waals surface area contributed by atoms with Crippen molar-refractivity contribution < 1.29 is 23.4 Å². The Hall–Kier alpha value is -4.04. The Bertz CT molecular complexity index is 1950. The van der Waals surface area contributed by atoms with Crippen molar-refractivity contribution in [2.45, 2.75) is 64.0 Å². The minimum atomic E-state index is -0.579. The van der Waals surface area contributed by atoms with E-state index in [2.05, 4.69) is 21.0 Å². The van der Waals surface area contributed by atoms with Gasteiger partial charge in [-0.25, -0.2) is 8.78 Å². The normalized spacial score (nSPS) is 22.1. The number of terminal acetylenes is 1. The zero-order valence-corrected chi connectivity index (χ0v) is 28.2. The number of ether oxygens (including phenoxy) is 2. The molecule has 256 valence electrons. The van der Waals surface area contributed by atoms with Crippen molar-refractivity contribution in [3.63, 3.8) is 0 Å². The van der Waals surface area contributed by atoms with E-state index >= 15 is 8.78 Å². The molecule has 1 aliphatic carbocycles. The molecule has 3 saturated heterocycles. The topological polar surface area (TPSA) is 83.0 Å². The van der Waals surface area contributed by atoms with Gasteiger partial charge in [0.25, 0.3) is 0 Å². The van der Waals surface area contributed by atoms with Gasteiger partial charge in [0.2, 0.25) is 0 Å². The van der Waals surface area contributed by atoms with Crippen molar-refractivity contribution in [2.24, 2.45) is 5.41 Å². The second-order valence-electron chi connectivity index (χ2n) is 14.8. The highest BCUT2D eigenvalue weighted by molar-refractivity contribution is 6.05. The summed E-state index contributed by atoms with van der Waals surface area (Å²) in [5.74, 6) is 1.79. The van der Waals surface area contributed by atoms with Crippen molar-refractivity contribution >= 4 is 27.5 Å². The Kier molecular flexibility index (Phi) is 8.33. The SMILES string of the molecule is C#Cc1c(F)ccc2cc(O)cc(-c3c(C(C)C)cc4c(N5CC6CCC(C5)N6)nc(OCC5(CN6CCCOCC6)CC5)nc4c3F)c12. The maximum Gasteiger partial charge on any atom is 0.319 e. The van der Waals surface area contributed by atoms with Crippen LogP contribution in [0.5, 0.6) is 11.8 Å². The van der Waals surface area contributed by atoms with E-state index in [0.717, 1.165) is 78.0 Å². The van der Waals surface area contributed by atoms with E-state index in [1.54, 1.807) is 6.07 Å². The first-order valence-electron chi connectivity index (χ1n) is 17.6. The first kappa shape index (κ1) is 32.2. The summed E-state index contributed by atoms with van der Waals surface area (Å²) in [6, 6.07) is 8.61. The summed E-state index contributed by atoms with van der Waals surface area (Å²) < 4.78 is 44.7. The number of hydrogen-bond donors (Lipinski definition) is 2. The summed E-state index contributed by atoms with van der Waals surface area (Å²) in [5.41, 5.74) is 1.43. The molecular formula is C39H43F2N5O3. The standard InChI is InChI=1S/C39H43F2N5O3/c1-4-28-32(40)9-6-24-16-27(47)17-30(33(24)28)34-29(23(2)3)18-31-36(35(34)41)43-38(44-37(31)46-19-25-7-8-26(20-46)42-25)49-22-39(10-11-39)21-45-12-5-14-48-15-13-45/h1,6,9,16-18,23,25-26,42,47H,5,7-8,10-15,19-22H2,2-3H3. The molecule has 2 atom stereocenters. The molecule has 3 aliphatic heterocycles. The number of nitrogens with one attached hydrogen (secondary N) is 1. The number of rotatable bonds is 8. The average Bonchev–Trinajstić information content (AvgIpc) is 3.84. The second-order valence-corrected chi connectivity index (χ2v) is 14.8. The summed E-state index contributed by atoms with van der Waals surface area (Å²) in [6.07, 6.45) is 11.1. The summed E-state index contributed by atoms with van der Waals surface area (Å²) in [6.45, 7) is 10.3. The molecule has 1 aromatic heterocycles. The van der Waals surface area contributed by atoms with Crippen LogP contribution in [0.1, 0.15) is 63.0 Å². The lowest BCUT2D eigenvalue weighted by molar-refractivity contribution is 0.127. The van der Waals surface area contributed by atoms with E-state index in [1.165, 1.54) is 18.2 Å². The van der Waals surface area contributed by atoms with Gasteiger partial charge in [-0.2, -0.15) is 9.97 Å². The van der Waals surface area contributed by atoms with Crippen molar-refractivity contribution in [2.75, 3.05) is 57.4 Å². The van der Waals surface area contributed by atoms with Crippen molar-refractivity contribution in [3.05, 3.63) is 53.1 Å². The zero-order chi connectivity index (χ0) is 33.9. The van der Waals surface area contributed by atoms with Gasteiger partial charge in [-0.15, -0.1) is 6.42 Å². The molecule has 4 aliphatic rings. The van der Waals surface area contributed by atoms with Crippen LogP contribution in [-0.2, 0) is 4.74 Å². The largest absolute Gasteiger partial charge is 0.508 e. The average molecular weight is 668 g/mol. The van der Waals surface area contributed by atoms with Gasteiger partial charge in [-0.05, 0) is 78.8 Å². The molecule has 4 aromatic rings. The van der Waals surface area contributed by atoms with Crippen LogP contribution in [-0.4, -0.2) is 84.6 Å². The fourth-order valence-electron chi connectivity index (χ4n) is 8.15. The van der Waals surface area contributed by atoms with Gasteiger partial charge < -0.3 is 29.7 Å². The number of phenolic OH excluding ortho intramolecular Hbond substituents is 1. The van der Waals surface area contributed by atoms with Gasteiger partial charge in [0.05, 0.1) is 18.8 Å². The number of anilines is 1. The van der Waals surface area contributed by atoms with E-state index in [4.69, 9.17) is 25.9 Å². The molecule has 4 fully saturated rings. The van der Waals surface area contributed by atoms with Gasteiger partial charge in [0, 0.05) is 73.2 Å². The minimum absolute atomic E-state index is 0.0123. The molecule has 1 saturated carbocycles. The summed E-state index contributed by atoms with van der Waals surface area (Å²) >= 11 is 0. The highest BCUT2D eigenvalue weighted by atomic mass is 19.1. The Morgan fingerprint density at radius 3 is 2.63 bits per heavy atom. The molecule has 2 N–H and O–H groups in total. The number of fused-ring (bicyclic) bond motifs is 4. The molecule has 0 radical (unpaired) electrons. The smallest absolute Gasteiger partial charge is 0.319 e. The van der Waals surface area contributed by atoms with Gasteiger partial charge in [0.15, 0.2) is 5.82 Å². The Morgan fingerprint density at radius 1 is 1.10 bits per heavy atom. The van der Waals surface area contributed by atoms with E-state index in [-0.39, 0.29) is 39.7 Å². The van der Waals surface area contributed by atoms with Crippen molar-refractivity contribution in [1.82, 2.24) is 20.2 Å². The van der Waals surface area contributed by atoms with Crippen LogP contribution in [0.15, 0.2) is 30.3 Å². The highest BCUT2D eigenvalue weighted by Gasteiger charge is 2.45. The molecule has 2 unspecified atom stereocenters. The molecule has 0 spiro atoms. The van der Waals surface area contributed by atoms with Crippen molar-refractivity contribution in [3.8, 4) is 35.2 Å². The van der Waals surface area contributed by atoms with E-state index in [1.807, 2.05) is 19.9 Å². The number of aromatic hydroxyl groups is 1. The number of piperazine rings is 1. The number of nitrogens with zero attached hydrogens (tertiary/aromatic N) is 4. The van der Waals surface area contributed by atoms with Crippen molar-refractivity contribution in [1.29, 1.82) is 0 Å². The lowest BCUT2D eigenvalue weighted by atomic mass is 9.86. The van der Waals surface area contributed by atoms with Gasteiger partial charge in [0.1, 0.15) is 22.9 Å². The van der Waals surface area contributed by atoms with Gasteiger partial charge >= 0.3 is 6.01 Å². The quantitative estimate of drug-likeness (QED) is 0.210. The summed E-state index contributed by atoms with van der Waals surface area (Å²) in [7, 11) is 0. The molecule has 0 amide bonds. The fraction of sp³-hybridized carbons (Fsp3) is 0.487. The van der Waals surface area contributed by atoms with Crippen LogP contribution in [0.2, 0.25) is 0 Å². The lowest BCUT2D eigenvalue weighted by Crippen LogP contribution is -2.51. The molecular weight excluding hydrogens is 624 g/mol. The van der Waals surface area contributed by atoms with E-state index in [0.29, 0.717) is 51.8 Å². The first-order valence-corrected chi connectivity index (χ1v) is 17.6. The van der Waals surface area contributed by atoms with Crippen LogP contribution in [0.3, 0.4) is 0 Å². The molecule has 49 heavy (non-hydrogen) atoms. The lowest BCUT2D eigenvalue weighted by Gasteiger charge is -2.34. The third-order valence-electron chi connectivity index (χ3n) is 10.9. The zero-order valence-electron chi connectivity index (χ0n) is 28.2. The van der Waals surface area contributed by atoms with Crippen LogP contribution in [0, 0.1) is 29.4 Å². The fourth-order valence-corrected chi connectivity index (χ4v) is 8.15. The number of phenols is 1. The highest BCUT2D eigenvalue weighted by Crippen LogP contribution is 2.47. The molecule has 2 bridgehead atoms. The van der Waals surface area contributed by atoms with Crippen LogP contribution < -0.4 is 15.0 Å². The Morgan fingerprint density at radius 2 is 1.90 bits per heavy atom. The molecule has 10 heteroatoms. The maximum atomic E-state index is 17.5. The number of benzene rings is 3. The number of halogens is 2. The monoisotopic (exact) mass is 667 g/mol. The van der Waals surface area contributed by atoms with Gasteiger partial charge in [-0.1, -0.05) is 25.8 Å². The third kappa shape index (κ3) is 6.07. The molecule has 3 aromatic carbocycles. The molecule has 8 nitrogen and oxygen atoms in total. The predicted molar refractivity (Wildman–Crippen MR) is 187 cm³/mol. The predicted octanol–water partition coefficient (Wildman–Crippen LogP) is 6.36. The van der Waals surface area contributed by atoms with E-state index < -0.39 is 11.6 Å². The summed E-state index contributed by atoms with van der Waals surface area (Å²) in [5, 5.41) is 16.0. The van der Waals surface area contributed by atoms with Gasteiger partial charge in [-0.3, -0.25) is 0 Å². The Balaban J connectivity index is 1.27. The number of hydrogen-bond acceptors (Lipinski definition) is 8. The Labute approximate surface area is 285 Å². The minimum Gasteiger partial charge on any atom is -0.508 e. The summed E-state index contributed by atoms with van der Waals surface area (Å²) in [4.78, 5) is 14.5. The first-order chi connectivity index (χ1) is 23.7. The second kappa shape index (κ2) is 12.7. The van der Waals surface area contributed by atoms with Crippen LogP contribution in [0.25, 0.3) is 32.8 Å². The molecule has 8 rings (SSSR count).